The number of para-hydroxylation sites is 2. The van der Waals surface area contributed by atoms with Crippen molar-refractivity contribution in [2.75, 3.05) is 11.1 Å². The Labute approximate surface area is 169 Å². The van der Waals surface area contributed by atoms with E-state index in [0.717, 1.165) is 28.6 Å². The van der Waals surface area contributed by atoms with Crippen LogP contribution in [0.25, 0.3) is 11.0 Å². The number of fused-ring (bicyclic) bond motifs is 1. The number of halogens is 1. The number of nitrogens with one attached hydrogen (secondary N) is 2. The number of carbonyl (C=O) groups is 1. The van der Waals surface area contributed by atoms with E-state index in [9.17, 15) is 4.79 Å². The molecule has 28 heavy (non-hydrogen) atoms. The van der Waals surface area contributed by atoms with E-state index in [4.69, 9.17) is 16.0 Å². The van der Waals surface area contributed by atoms with E-state index in [1.807, 2.05) is 24.3 Å². The summed E-state index contributed by atoms with van der Waals surface area (Å²) in [6.45, 7) is 0. The number of hydrogen-bond acceptors (Lipinski definition) is 7. The third-order valence-corrected chi connectivity index (χ3v) is 4.94. The number of aryl methyl sites for hydroxylation is 2. The Balaban J connectivity index is 1.28. The molecule has 142 valence electrons. The van der Waals surface area contributed by atoms with Gasteiger partial charge in [0, 0.05) is 19.0 Å². The fourth-order valence-electron chi connectivity index (χ4n) is 2.54. The molecule has 10 heteroatoms. The highest BCUT2D eigenvalue weighted by Gasteiger charge is 2.12. The number of aromatic nitrogens is 5. The number of amides is 1. The van der Waals surface area contributed by atoms with Crippen molar-refractivity contribution in [2.24, 2.45) is 0 Å². The molecule has 0 aliphatic rings. The predicted octanol–water partition coefficient (Wildman–Crippen LogP) is 3.51. The van der Waals surface area contributed by atoms with Crippen LogP contribution >= 0.6 is 23.4 Å². The van der Waals surface area contributed by atoms with Gasteiger partial charge in [-0.3, -0.25) is 4.79 Å². The standard InChI is InChI=1S/C18H15ClN6O2S/c19-17-13(6-3-9-20-17)23-15(26)10-28-18-25-24-16(27-18)8-7-14-21-11-4-1-2-5-12(11)22-14/h1-6,9H,7-8,10H2,(H,21,22)(H,23,26). The number of nitrogens with zero attached hydrogens (tertiary/aromatic N) is 4. The van der Waals surface area contributed by atoms with Crippen LogP contribution in [0.3, 0.4) is 0 Å². The third-order valence-electron chi connectivity index (χ3n) is 3.82. The van der Waals surface area contributed by atoms with Crippen molar-refractivity contribution in [3.63, 3.8) is 0 Å². The maximum Gasteiger partial charge on any atom is 0.277 e. The fourth-order valence-corrected chi connectivity index (χ4v) is 3.29. The second kappa shape index (κ2) is 8.41. The van der Waals surface area contributed by atoms with Gasteiger partial charge in [-0.15, -0.1) is 10.2 Å². The molecular weight excluding hydrogens is 400 g/mol. The highest BCUT2D eigenvalue weighted by atomic mass is 35.5. The fraction of sp³-hybridized carbons (Fsp3) is 0.167. The van der Waals surface area contributed by atoms with Crippen molar-refractivity contribution in [3.05, 3.63) is 59.5 Å². The molecular formula is C18H15ClN6O2S. The van der Waals surface area contributed by atoms with Gasteiger partial charge in [0.05, 0.1) is 22.5 Å². The smallest absolute Gasteiger partial charge is 0.277 e. The number of hydrogen-bond donors (Lipinski definition) is 2. The van der Waals surface area contributed by atoms with Crippen LogP contribution in [0.2, 0.25) is 5.15 Å². The summed E-state index contributed by atoms with van der Waals surface area (Å²) in [6.07, 6.45) is 2.77. The van der Waals surface area contributed by atoms with Crippen molar-refractivity contribution in [1.29, 1.82) is 0 Å². The molecule has 8 nitrogen and oxygen atoms in total. The van der Waals surface area contributed by atoms with Gasteiger partial charge in [-0.25, -0.2) is 9.97 Å². The van der Waals surface area contributed by atoms with Crippen LogP contribution in [0.4, 0.5) is 5.69 Å². The lowest BCUT2D eigenvalue weighted by Crippen LogP contribution is -2.14. The Bertz CT molecular complexity index is 1080. The average molecular weight is 415 g/mol. The normalized spacial score (nSPS) is 11.0. The third kappa shape index (κ3) is 4.49. The number of carbonyl (C=O) groups excluding carboxylic acids is 1. The van der Waals surface area contributed by atoms with Gasteiger partial charge >= 0.3 is 0 Å². The quantitative estimate of drug-likeness (QED) is 0.351. The molecule has 0 aliphatic carbocycles. The zero-order valence-electron chi connectivity index (χ0n) is 14.6. The monoisotopic (exact) mass is 414 g/mol. The summed E-state index contributed by atoms with van der Waals surface area (Å²) >= 11 is 7.08. The number of rotatable bonds is 7. The summed E-state index contributed by atoms with van der Waals surface area (Å²) in [4.78, 5) is 23.7. The van der Waals surface area contributed by atoms with Crippen molar-refractivity contribution in [1.82, 2.24) is 25.1 Å². The van der Waals surface area contributed by atoms with E-state index in [-0.39, 0.29) is 16.8 Å². The summed E-state index contributed by atoms with van der Waals surface area (Å²) in [7, 11) is 0. The molecule has 0 fully saturated rings. The largest absolute Gasteiger partial charge is 0.416 e. The lowest BCUT2D eigenvalue weighted by molar-refractivity contribution is -0.113. The Hall–Kier alpha value is -2.91. The summed E-state index contributed by atoms with van der Waals surface area (Å²) in [5.41, 5.74) is 2.39. The lowest BCUT2D eigenvalue weighted by Gasteiger charge is -2.04. The number of anilines is 1. The molecule has 1 aromatic carbocycles. The Morgan fingerprint density at radius 2 is 2.07 bits per heavy atom. The minimum atomic E-state index is -0.234. The molecule has 4 aromatic rings. The van der Waals surface area contributed by atoms with E-state index in [2.05, 4.69) is 30.5 Å². The number of benzene rings is 1. The van der Waals surface area contributed by atoms with E-state index in [1.54, 1.807) is 18.3 Å². The molecule has 4 rings (SSSR count). The van der Waals surface area contributed by atoms with Crippen LogP contribution in [0.1, 0.15) is 11.7 Å². The molecule has 0 atom stereocenters. The molecule has 0 saturated heterocycles. The van der Waals surface area contributed by atoms with Crippen LogP contribution in [-0.2, 0) is 17.6 Å². The van der Waals surface area contributed by atoms with Crippen molar-refractivity contribution in [3.8, 4) is 0 Å². The summed E-state index contributed by atoms with van der Waals surface area (Å²) in [5.74, 6) is 1.25. The molecule has 0 unspecified atom stereocenters. The van der Waals surface area contributed by atoms with Crippen molar-refractivity contribution in [2.45, 2.75) is 18.1 Å². The molecule has 0 aliphatic heterocycles. The summed E-state index contributed by atoms with van der Waals surface area (Å²) < 4.78 is 5.58. The first kappa shape index (κ1) is 18.5. The molecule has 3 heterocycles. The second-order valence-corrected chi connectivity index (χ2v) is 7.13. The van der Waals surface area contributed by atoms with Gasteiger partial charge in [-0.2, -0.15) is 0 Å². The Morgan fingerprint density at radius 3 is 2.93 bits per heavy atom. The van der Waals surface area contributed by atoms with Crippen LogP contribution in [-0.4, -0.2) is 36.8 Å². The summed E-state index contributed by atoms with van der Waals surface area (Å²) in [5, 5.41) is 11.3. The van der Waals surface area contributed by atoms with Gasteiger partial charge in [-0.1, -0.05) is 35.5 Å². The maximum absolute atomic E-state index is 12.0. The van der Waals surface area contributed by atoms with Crippen LogP contribution in [0.15, 0.2) is 52.2 Å². The minimum absolute atomic E-state index is 0.121. The van der Waals surface area contributed by atoms with Crippen molar-refractivity contribution < 1.29 is 9.21 Å². The second-order valence-electron chi connectivity index (χ2n) is 5.84. The number of H-pyrrole nitrogens is 1. The zero-order chi connectivity index (χ0) is 19.3. The first-order valence-electron chi connectivity index (χ1n) is 8.46. The van der Waals surface area contributed by atoms with E-state index in [0.29, 0.717) is 29.6 Å². The molecule has 0 saturated carbocycles. The van der Waals surface area contributed by atoms with Gasteiger partial charge in [0.15, 0.2) is 5.15 Å². The van der Waals surface area contributed by atoms with Crippen LogP contribution in [0.5, 0.6) is 0 Å². The lowest BCUT2D eigenvalue weighted by atomic mass is 10.3. The van der Waals surface area contributed by atoms with Crippen LogP contribution < -0.4 is 5.32 Å². The molecule has 2 N–H and O–H groups in total. The first-order chi connectivity index (χ1) is 13.7. The minimum Gasteiger partial charge on any atom is -0.416 e. The highest BCUT2D eigenvalue weighted by Crippen LogP contribution is 2.20. The molecule has 0 radical (unpaired) electrons. The number of thioether (sulfide) groups is 1. The SMILES string of the molecule is O=C(CSc1nnc(CCc2nc3ccccc3[nH]2)o1)Nc1cccnc1Cl. The average Bonchev–Trinajstić information content (AvgIpc) is 3.33. The van der Waals surface area contributed by atoms with Gasteiger partial charge in [0.1, 0.15) is 5.82 Å². The molecule has 1 amide bonds. The van der Waals surface area contributed by atoms with E-state index >= 15 is 0 Å². The topological polar surface area (TPSA) is 110 Å². The zero-order valence-corrected chi connectivity index (χ0v) is 16.1. The molecule has 0 spiro atoms. The first-order valence-corrected chi connectivity index (χ1v) is 9.83. The predicted molar refractivity (Wildman–Crippen MR) is 106 cm³/mol. The molecule has 0 bridgehead atoms. The van der Waals surface area contributed by atoms with Gasteiger partial charge < -0.3 is 14.7 Å². The molecule has 3 aromatic heterocycles. The van der Waals surface area contributed by atoms with Gasteiger partial charge in [-0.05, 0) is 24.3 Å². The number of aromatic amines is 1. The Morgan fingerprint density at radius 1 is 1.18 bits per heavy atom. The highest BCUT2D eigenvalue weighted by molar-refractivity contribution is 7.99. The van der Waals surface area contributed by atoms with Gasteiger partial charge in [0.25, 0.3) is 5.22 Å². The maximum atomic E-state index is 12.0. The van der Waals surface area contributed by atoms with E-state index in [1.165, 1.54) is 0 Å². The Kier molecular flexibility index (Phi) is 5.54. The summed E-state index contributed by atoms with van der Waals surface area (Å²) in [6, 6.07) is 11.2. The van der Waals surface area contributed by atoms with E-state index < -0.39 is 0 Å². The number of imidazole rings is 1. The van der Waals surface area contributed by atoms with Gasteiger partial charge in [0.2, 0.25) is 11.8 Å². The number of pyridine rings is 1. The van der Waals surface area contributed by atoms with Crippen molar-refractivity contribution >= 4 is 46.0 Å². The van der Waals surface area contributed by atoms with Crippen LogP contribution in [0, 0.1) is 0 Å².